The summed E-state index contributed by atoms with van der Waals surface area (Å²) >= 11 is 0. The third-order valence-electron chi connectivity index (χ3n) is 3.60. The van der Waals surface area contributed by atoms with Crippen LogP contribution in [0.4, 0.5) is 0 Å². The number of carbonyl (C=O) groups is 1. The van der Waals surface area contributed by atoms with Gasteiger partial charge in [0.1, 0.15) is 5.75 Å². The van der Waals surface area contributed by atoms with E-state index < -0.39 is 32.9 Å². The van der Waals surface area contributed by atoms with E-state index in [0.29, 0.717) is 12.8 Å². The Balaban J connectivity index is 2.20. The van der Waals surface area contributed by atoms with Crippen molar-refractivity contribution in [1.82, 2.24) is 0 Å². The highest BCUT2D eigenvalue weighted by molar-refractivity contribution is 7.92. The zero-order valence-corrected chi connectivity index (χ0v) is 12.2. The van der Waals surface area contributed by atoms with Gasteiger partial charge in [0.05, 0.1) is 11.9 Å². The number of hydrogen-bond donors (Lipinski definition) is 1. The van der Waals surface area contributed by atoms with Crippen molar-refractivity contribution in [3.63, 3.8) is 0 Å². The molecule has 0 aromatic heterocycles. The molecule has 0 spiro atoms. The maximum absolute atomic E-state index is 12.3. The predicted molar refractivity (Wildman–Crippen MR) is 75.9 cm³/mol. The monoisotopic (exact) mass is 297 g/mol. The first kappa shape index (κ1) is 15.0. The van der Waals surface area contributed by atoms with Crippen molar-refractivity contribution in [1.29, 1.82) is 0 Å². The van der Waals surface area contributed by atoms with Crippen molar-refractivity contribution >= 4 is 15.8 Å². The number of sulfone groups is 1. The highest BCUT2D eigenvalue weighted by Crippen LogP contribution is 2.32. The van der Waals surface area contributed by atoms with Crippen LogP contribution in [0, 0.1) is 0 Å². The topological polar surface area (TPSA) is 86.5 Å². The maximum atomic E-state index is 12.3. The van der Waals surface area contributed by atoms with Crippen LogP contribution in [-0.4, -0.2) is 32.0 Å². The second-order valence-electron chi connectivity index (χ2n) is 4.91. The van der Waals surface area contributed by atoms with Gasteiger partial charge in [-0.2, -0.15) is 0 Å². The number of rotatable bonds is 4. The largest absolute Gasteiger partial charge is 0.465 e. The van der Waals surface area contributed by atoms with Crippen LogP contribution >= 0.6 is 0 Å². The van der Waals surface area contributed by atoms with E-state index in [0.717, 1.165) is 11.1 Å². The minimum absolute atomic E-state index is 0.175. The number of ether oxygens (including phenoxy) is 1. The molecule has 0 bridgehead atoms. The highest BCUT2D eigenvalue weighted by atomic mass is 32.2. The quantitative estimate of drug-likeness (QED) is 0.837. The van der Waals surface area contributed by atoms with Gasteiger partial charge in [0, 0.05) is 6.04 Å². The maximum Gasteiger partial charge on any atom is 0.321 e. The molecule has 1 aromatic rings. The summed E-state index contributed by atoms with van der Waals surface area (Å²) in [6.07, 6.45) is 1.11. The molecule has 0 saturated heterocycles. The molecule has 2 atom stereocenters. The Morgan fingerprint density at radius 2 is 2.10 bits per heavy atom. The van der Waals surface area contributed by atoms with Crippen LogP contribution in [0.25, 0.3) is 0 Å². The average molecular weight is 297 g/mol. The summed E-state index contributed by atoms with van der Waals surface area (Å²) in [7, 11) is -3.60. The number of esters is 1. The van der Waals surface area contributed by atoms with Gasteiger partial charge < -0.3 is 10.5 Å². The van der Waals surface area contributed by atoms with Crippen LogP contribution in [0.2, 0.25) is 0 Å². The molecule has 1 aliphatic rings. The van der Waals surface area contributed by atoms with Crippen LogP contribution in [0.5, 0.6) is 0 Å². The fourth-order valence-corrected chi connectivity index (χ4v) is 4.34. The SMILES string of the molecule is CCOC(=O)CS(=O)(=O)C1CCc2ccccc2C1N. The normalized spacial score (nSPS) is 22.1. The van der Waals surface area contributed by atoms with Crippen molar-refractivity contribution in [3.05, 3.63) is 35.4 Å². The average Bonchev–Trinajstić information content (AvgIpc) is 2.38. The second-order valence-corrected chi connectivity index (χ2v) is 7.13. The molecule has 0 heterocycles. The van der Waals surface area contributed by atoms with Crippen LogP contribution in [-0.2, 0) is 25.8 Å². The van der Waals surface area contributed by atoms with E-state index in [1.54, 1.807) is 6.92 Å². The highest BCUT2D eigenvalue weighted by Gasteiger charge is 2.37. The van der Waals surface area contributed by atoms with Crippen molar-refractivity contribution in [3.8, 4) is 0 Å². The molecular formula is C14H19NO4S. The Labute approximate surface area is 119 Å². The summed E-state index contributed by atoms with van der Waals surface area (Å²) in [5.41, 5.74) is 8.04. The van der Waals surface area contributed by atoms with Gasteiger partial charge in [0.15, 0.2) is 9.84 Å². The number of aryl methyl sites for hydroxylation is 1. The molecule has 0 aliphatic heterocycles. The first-order valence-electron chi connectivity index (χ1n) is 6.66. The van der Waals surface area contributed by atoms with Gasteiger partial charge in [-0.1, -0.05) is 24.3 Å². The molecule has 2 N–H and O–H groups in total. The summed E-state index contributed by atoms with van der Waals surface area (Å²) in [5.74, 6) is -1.31. The van der Waals surface area contributed by atoms with Gasteiger partial charge in [-0.3, -0.25) is 4.79 Å². The Morgan fingerprint density at radius 1 is 1.40 bits per heavy atom. The molecule has 0 fully saturated rings. The van der Waals surface area contributed by atoms with Gasteiger partial charge in [0.25, 0.3) is 0 Å². The summed E-state index contributed by atoms with van der Waals surface area (Å²) in [4.78, 5) is 11.4. The van der Waals surface area contributed by atoms with E-state index >= 15 is 0 Å². The predicted octanol–water partition coefficient (Wildman–Crippen LogP) is 0.979. The molecule has 2 unspecified atom stereocenters. The van der Waals surface area contributed by atoms with Gasteiger partial charge in [-0.05, 0) is 30.9 Å². The third kappa shape index (κ3) is 3.02. The first-order valence-corrected chi connectivity index (χ1v) is 8.38. The fourth-order valence-electron chi connectivity index (χ4n) is 2.64. The lowest BCUT2D eigenvalue weighted by molar-refractivity contribution is -0.139. The van der Waals surface area contributed by atoms with Gasteiger partial charge in [-0.15, -0.1) is 0 Å². The zero-order valence-electron chi connectivity index (χ0n) is 11.4. The molecule has 0 saturated carbocycles. The number of carbonyl (C=O) groups excluding carboxylic acids is 1. The molecule has 5 nitrogen and oxygen atoms in total. The minimum atomic E-state index is -3.60. The minimum Gasteiger partial charge on any atom is -0.465 e. The Bertz CT molecular complexity index is 597. The summed E-state index contributed by atoms with van der Waals surface area (Å²) in [6.45, 7) is 1.82. The third-order valence-corrected chi connectivity index (χ3v) is 5.69. The first-order chi connectivity index (χ1) is 9.45. The van der Waals surface area contributed by atoms with Crippen molar-refractivity contribution in [2.24, 2.45) is 5.73 Å². The van der Waals surface area contributed by atoms with Crippen LogP contribution < -0.4 is 5.73 Å². The van der Waals surface area contributed by atoms with Crippen LogP contribution in [0.15, 0.2) is 24.3 Å². The standard InChI is InChI=1S/C14H19NO4S/c1-2-19-13(16)9-20(17,18)12-8-7-10-5-3-4-6-11(10)14(12)15/h3-6,12,14H,2,7-9,15H2,1H3. The molecule has 0 amide bonds. The fraction of sp³-hybridized carbons (Fsp3) is 0.500. The molecule has 0 radical (unpaired) electrons. The van der Waals surface area contributed by atoms with Gasteiger partial charge in [-0.25, -0.2) is 8.42 Å². The lowest BCUT2D eigenvalue weighted by atomic mass is 9.88. The number of benzene rings is 1. The number of hydrogen-bond acceptors (Lipinski definition) is 5. The lowest BCUT2D eigenvalue weighted by Crippen LogP contribution is -2.40. The molecular weight excluding hydrogens is 278 g/mol. The van der Waals surface area contributed by atoms with E-state index in [1.165, 1.54) is 0 Å². The van der Waals surface area contributed by atoms with E-state index in [9.17, 15) is 13.2 Å². The lowest BCUT2D eigenvalue weighted by Gasteiger charge is -2.30. The zero-order chi connectivity index (χ0) is 14.8. The molecule has 110 valence electrons. The molecule has 20 heavy (non-hydrogen) atoms. The summed E-state index contributed by atoms with van der Waals surface area (Å²) < 4.78 is 29.3. The molecule has 6 heteroatoms. The Kier molecular flexibility index (Phi) is 4.45. The van der Waals surface area contributed by atoms with Gasteiger partial charge in [0.2, 0.25) is 0 Å². The molecule has 2 rings (SSSR count). The number of fused-ring (bicyclic) bond motifs is 1. The van der Waals surface area contributed by atoms with Gasteiger partial charge >= 0.3 is 5.97 Å². The van der Waals surface area contributed by atoms with E-state index in [1.807, 2.05) is 24.3 Å². The van der Waals surface area contributed by atoms with E-state index in [-0.39, 0.29) is 6.61 Å². The summed E-state index contributed by atoms with van der Waals surface area (Å²) in [6, 6.07) is 6.99. The summed E-state index contributed by atoms with van der Waals surface area (Å²) in [5, 5.41) is -0.721. The van der Waals surface area contributed by atoms with E-state index in [2.05, 4.69) is 0 Å². The van der Waals surface area contributed by atoms with Crippen molar-refractivity contribution < 1.29 is 17.9 Å². The van der Waals surface area contributed by atoms with Crippen LogP contribution in [0.1, 0.15) is 30.5 Å². The van der Waals surface area contributed by atoms with Crippen molar-refractivity contribution in [2.45, 2.75) is 31.1 Å². The second kappa shape index (κ2) is 5.93. The van der Waals surface area contributed by atoms with Crippen molar-refractivity contribution in [2.75, 3.05) is 12.4 Å². The Hall–Kier alpha value is -1.40. The van der Waals surface area contributed by atoms with E-state index in [4.69, 9.17) is 10.5 Å². The van der Waals surface area contributed by atoms with Crippen LogP contribution in [0.3, 0.4) is 0 Å². The molecule has 1 aromatic carbocycles. The molecule has 1 aliphatic carbocycles. The Morgan fingerprint density at radius 3 is 2.80 bits per heavy atom. The smallest absolute Gasteiger partial charge is 0.321 e. The number of nitrogens with two attached hydrogens (primary N) is 1.